The van der Waals surface area contributed by atoms with Gasteiger partial charge in [-0.3, -0.25) is 15.0 Å². The minimum absolute atomic E-state index is 0.109. The Morgan fingerprint density at radius 1 is 0.529 bits per heavy atom. The van der Waals surface area contributed by atoms with Crippen molar-refractivity contribution in [3.05, 3.63) is 127 Å². The molecule has 6 rings (SSSR count). The Balaban J connectivity index is 1.55. The molecule has 0 saturated carbocycles. The Bertz CT molecular complexity index is 1610. The number of nitrogens with two attached hydrogens (primary N) is 1. The molecular weight excluding hydrogens is 416 g/mol. The van der Waals surface area contributed by atoms with Crippen LogP contribution in [0.3, 0.4) is 0 Å². The highest BCUT2D eigenvalue weighted by Crippen LogP contribution is 2.37. The first-order valence-corrected chi connectivity index (χ1v) is 11.5. The highest BCUT2D eigenvalue weighted by atomic mass is 14.8. The molecule has 0 aliphatic carbocycles. The van der Waals surface area contributed by atoms with Crippen LogP contribution in [0.1, 0.15) is 29.0 Å². The first-order chi connectivity index (χ1) is 16.8. The van der Waals surface area contributed by atoms with Gasteiger partial charge in [0.1, 0.15) is 0 Å². The Hall–Kier alpha value is -4.15. The van der Waals surface area contributed by atoms with Crippen molar-refractivity contribution in [2.75, 3.05) is 0 Å². The fourth-order valence-electron chi connectivity index (χ4n) is 4.98. The van der Waals surface area contributed by atoms with Crippen LogP contribution in [-0.2, 0) is 6.42 Å². The van der Waals surface area contributed by atoms with Crippen LogP contribution in [0.4, 0.5) is 0 Å². The van der Waals surface area contributed by atoms with Crippen LogP contribution >= 0.6 is 0 Å². The van der Waals surface area contributed by atoms with E-state index in [4.69, 9.17) is 20.7 Å². The Labute approximate surface area is 198 Å². The summed E-state index contributed by atoms with van der Waals surface area (Å²) in [5.41, 5.74) is 9.98. The molecule has 0 amide bonds. The quantitative estimate of drug-likeness (QED) is 0.339. The lowest BCUT2D eigenvalue weighted by molar-refractivity contribution is 0.531. The summed E-state index contributed by atoms with van der Waals surface area (Å²) in [6.07, 6.45) is 6.27. The Morgan fingerprint density at radius 3 is 1.65 bits per heavy atom. The van der Waals surface area contributed by atoms with E-state index in [1.54, 1.807) is 0 Å². The van der Waals surface area contributed by atoms with E-state index in [9.17, 15) is 0 Å². The Morgan fingerprint density at radius 2 is 1.00 bits per heavy atom. The highest BCUT2D eigenvalue weighted by Gasteiger charge is 2.28. The molecule has 0 bridgehead atoms. The zero-order valence-electron chi connectivity index (χ0n) is 18.7. The first-order valence-electron chi connectivity index (χ1n) is 11.5. The number of rotatable bonds is 5. The number of nitrogens with zero attached hydrogens (tertiary/aromatic N) is 3. The number of hydrogen-bond donors (Lipinski definition) is 1. The Kier molecular flexibility index (Phi) is 5.21. The minimum Gasteiger partial charge on any atom is -0.322 e. The predicted octanol–water partition coefficient (Wildman–Crippen LogP) is 6.36. The molecule has 164 valence electrons. The summed E-state index contributed by atoms with van der Waals surface area (Å²) in [7, 11) is 0. The molecule has 3 aromatic heterocycles. The third-order valence-electron chi connectivity index (χ3n) is 6.68. The van der Waals surface area contributed by atoms with Gasteiger partial charge in [-0.05, 0) is 34.4 Å². The monoisotopic (exact) mass is 440 g/mol. The van der Waals surface area contributed by atoms with Crippen LogP contribution in [0.15, 0.2) is 110 Å². The fraction of sp³-hybridized carbons (Fsp3) is 0.100. The number of benzene rings is 3. The van der Waals surface area contributed by atoms with E-state index in [-0.39, 0.29) is 12.0 Å². The van der Waals surface area contributed by atoms with Gasteiger partial charge in [0.15, 0.2) is 0 Å². The van der Waals surface area contributed by atoms with Crippen molar-refractivity contribution < 1.29 is 0 Å². The maximum Gasteiger partial charge on any atom is 0.0656 e. The molecule has 0 fully saturated rings. The van der Waals surface area contributed by atoms with Gasteiger partial charge in [-0.25, -0.2) is 0 Å². The average molecular weight is 441 g/mol. The van der Waals surface area contributed by atoms with E-state index in [0.29, 0.717) is 6.42 Å². The van der Waals surface area contributed by atoms with Gasteiger partial charge >= 0.3 is 0 Å². The second-order valence-corrected chi connectivity index (χ2v) is 8.65. The SMILES string of the molecule is NC(c1nccc2ccccc12)C(Cc1nccc2ccccc12)c1nccc2ccccc12. The van der Waals surface area contributed by atoms with E-state index in [1.807, 2.05) is 42.9 Å². The minimum atomic E-state index is -0.356. The van der Waals surface area contributed by atoms with Gasteiger partial charge in [0, 0.05) is 52.8 Å². The molecule has 6 aromatic rings. The van der Waals surface area contributed by atoms with Gasteiger partial charge in [0.05, 0.1) is 17.4 Å². The zero-order valence-corrected chi connectivity index (χ0v) is 18.7. The first kappa shape index (κ1) is 20.5. The third-order valence-corrected chi connectivity index (χ3v) is 6.68. The summed E-state index contributed by atoms with van der Waals surface area (Å²) < 4.78 is 0. The van der Waals surface area contributed by atoms with Crippen molar-refractivity contribution in [2.45, 2.75) is 18.4 Å². The molecule has 2 N–H and O–H groups in total. The second kappa shape index (κ2) is 8.65. The van der Waals surface area contributed by atoms with Crippen molar-refractivity contribution in [1.29, 1.82) is 0 Å². The number of aromatic nitrogens is 3. The van der Waals surface area contributed by atoms with Gasteiger partial charge in [-0.2, -0.15) is 0 Å². The molecule has 4 heteroatoms. The largest absolute Gasteiger partial charge is 0.322 e. The lowest BCUT2D eigenvalue weighted by Crippen LogP contribution is -2.24. The van der Waals surface area contributed by atoms with Crippen LogP contribution in [0.25, 0.3) is 32.3 Å². The molecule has 0 spiro atoms. The van der Waals surface area contributed by atoms with Crippen molar-refractivity contribution in [3.63, 3.8) is 0 Å². The van der Waals surface area contributed by atoms with Crippen molar-refractivity contribution in [2.24, 2.45) is 5.73 Å². The van der Waals surface area contributed by atoms with Gasteiger partial charge in [0.2, 0.25) is 0 Å². The van der Waals surface area contributed by atoms with E-state index in [2.05, 4.69) is 66.7 Å². The van der Waals surface area contributed by atoms with E-state index >= 15 is 0 Å². The van der Waals surface area contributed by atoms with Crippen molar-refractivity contribution >= 4 is 32.3 Å². The molecule has 3 aromatic carbocycles. The molecule has 34 heavy (non-hydrogen) atoms. The third kappa shape index (κ3) is 3.58. The van der Waals surface area contributed by atoms with E-state index < -0.39 is 0 Å². The van der Waals surface area contributed by atoms with Crippen molar-refractivity contribution in [3.8, 4) is 0 Å². The standard InChI is InChI=1S/C30H24N4/c31-28(30-25-12-6-3-9-22(25)15-18-34-30)26(29-24-11-5-2-8-21(24)14-17-33-29)19-27-23-10-4-1-7-20(23)13-16-32-27/h1-18,26,28H,19,31H2. The van der Waals surface area contributed by atoms with Crippen LogP contribution in [0, 0.1) is 0 Å². The molecule has 0 radical (unpaired) electrons. The fourth-order valence-corrected chi connectivity index (χ4v) is 4.98. The van der Waals surface area contributed by atoms with E-state index in [0.717, 1.165) is 44.0 Å². The molecule has 0 saturated heterocycles. The number of pyridine rings is 3. The number of fused-ring (bicyclic) bond motifs is 3. The summed E-state index contributed by atoms with van der Waals surface area (Å²) in [5, 5.41) is 6.80. The molecule has 3 heterocycles. The molecule has 2 atom stereocenters. The summed E-state index contributed by atoms with van der Waals surface area (Å²) in [6, 6.07) is 30.8. The summed E-state index contributed by atoms with van der Waals surface area (Å²) in [5.74, 6) is -0.109. The molecule has 4 nitrogen and oxygen atoms in total. The van der Waals surface area contributed by atoms with Gasteiger partial charge in [-0.1, -0.05) is 72.8 Å². The summed E-state index contributed by atoms with van der Waals surface area (Å²) >= 11 is 0. The normalized spacial score (nSPS) is 13.3. The van der Waals surface area contributed by atoms with Crippen LogP contribution in [0.5, 0.6) is 0 Å². The van der Waals surface area contributed by atoms with Crippen LogP contribution < -0.4 is 5.73 Å². The lowest BCUT2D eigenvalue weighted by atomic mass is 9.84. The van der Waals surface area contributed by atoms with Gasteiger partial charge in [-0.15, -0.1) is 0 Å². The molecule has 2 unspecified atom stereocenters. The van der Waals surface area contributed by atoms with Crippen LogP contribution in [0.2, 0.25) is 0 Å². The molecule has 0 aliphatic rings. The predicted molar refractivity (Wildman–Crippen MR) is 139 cm³/mol. The van der Waals surface area contributed by atoms with Gasteiger partial charge in [0.25, 0.3) is 0 Å². The van der Waals surface area contributed by atoms with Crippen molar-refractivity contribution in [1.82, 2.24) is 15.0 Å². The zero-order chi connectivity index (χ0) is 22.9. The van der Waals surface area contributed by atoms with E-state index in [1.165, 1.54) is 5.39 Å². The number of hydrogen-bond acceptors (Lipinski definition) is 4. The maximum atomic E-state index is 7.09. The summed E-state index contributed by atoms with van der Waals surface area (Å²) in [4.78, 5) is 14.4. The topological polar surface area (TPSA) is 64.7 Å². The molecular formula is C30H24N4. The average Bonchev–Trinajstić information content (AvgIpc) is 2.91. The second-order valence-electron chi connectivity index (χ2n) is 8.65. The lowest BCUT2D eigenvalue weighted by Gasteiger charge is -2.25. The smallest absolute Gasteiger partial charge is 0.0656 e. The van der Waals surface area contributed by atoms with Gasteiger partial charge < -0.3 is 5.73 Å². The maximum absolute atomic E-state index is 7.09. The highest BCUT2D eigenvalue weighted by molar-refractivity contribution is 5.87. The molecule has 0 aliphatic heterocycles. The summed E-state index contributed by atoms with van der Waals surface area (Å²) in [6.45, 7) is 0. The van der Waals surface area contributed by atoms with Crippen LogP contribution in [-0.4, -0.2) is 15.0 Å².